The van der Waals surface area contributed by atoms with Crippen LogP contribution in [0.2, 0.25) is 0 Å². The number of benzene rings is 1. The molecular weight excluding hydrogens is 290 g/mol. The van der Waals surface area contributed by atoms with E-state index in [0.717, 1.165) is 17.8 Å². The van der Waals surface area contributed by atoms with Crippen LogP contribution in [-0.4, -0.2) is 10.8 Å². The van der Waals surface area contributed by atoms with Crippen molar-refractivity contribution in [1.29, 1.82) is 0 Å². The van der Waals surface area contributed by atoms with Gasteiger partial charge in [-0.15, -0.1) is 0 Å². The summed E-state index contributed by atoms with van der Waals surface area (Å²) in [5, 5.41) is 4.93. The van der Waals surface area contributed by atoms with E-state index in [1.54, 1.807) is 0 Å². The zero-order chi connectivity index (χ0) is 15.2. The molecule has 4 heteroatoms. The topological polar surface area (TPSA) is 50.4 Å². The molecule has 4 bridgehead atoms. The van der Waals surface area contributed by atoms with Gasteiger partial charge in [0, 0.05) is 5.41 Å². The summed E-state index contributed by atoms with van der Waals surface area (Å²) in [6.45, 7) is 0. The maximum absolute atomic E-state index is 5.62. The van der Waals surface area contributed by atoms with E-state index in [4.69, 9.17) is 18.0 Å². The minimum Gasteiger partial charge on any atom is -0.375 e. The fraction of sp³-hybridized carbons (Fsp3) is 0.556. The molecule has 0 amide bonds. The zero-order valence-electron chi connectivity index (χ0n) is 12.8. The number of nitrogens with two attached hydrogens (primary N) is 1. The highest BCUT2D eigenvalue weighted by Gasteiger charge is 2.53. The molecule has 0 radical (unpaired) electrons. The first kappa shape index (κ1) is 14.2. The molecule has 0 heterocycles. The standard InChI is InChI=1S/C18H23N3S/c19-17(22)21-20-16(15-4-2-1-3-5-15)18-9-12-6-13(10-18)8-14(7-12)11-18/h1-5,12-14H,6-11H2,(H3,19,21,22). The zero-order valence-corrected chi connectivity index (χ0v) is 13.6. The van der Waals surface area contributed by atoms with E-state index in [0.29, 0.717) is 0 Å². The van der Waals surface area contributed by atoms with Crippen molar-refractivity contribution < 1.29 is 0 Å². The first-order chi connectivity index (χ1) is 10.6. The van der Waals surface area contributed by atoms with Gasteiger partial charge in [-0.1, -0.05) is 30.3 Å². The molecule has 4 aliphatic carbocycles. The fourth-order valence-electron chi connectivity index (χ4n) is 5.60. The van der Waals surface area contributed by atoms with Gasteiger partial charge in [-0.25, -0.2) is 0 Å². The highest BCUT2D eigenvalue weighted by atomic mass is 32.1. The number of hydrogen-bond acceptors (Lipinski definition) is 2. The second-order valence-electron chi connectivity index (χ2n) is 7.50. The van der Waals surface area contributed by atoms with Gasteiger partial charge in [0.05, 0.1) is 5.71 Å². The Labute approximate surface area is 137 Å². The summed E-state index contributed by atoms with van der Waals surface area (Å²) in [5.41, 5.74) is 11.1. The summed E-state index contributed by atoms with van der Waals surface area (Å²) in [7, 11) is 0. The van der Waals surface area contributed by atoms with E-state index in [1.807, 2.05) is 0 Å². The van der Waals surface area contributed by atoms with E-state index in [-0.39, 0.29) is 10.5 Å². The summed E-state index contributed by atoms with van der Waals surface area (Å²) in [6.07, 6.45) is 8.15. The lowest BCUT2D eigenvalue weighted by Crippen LogP contribution is -2.50. The Bertz CT molecular complexity index is 573. The smallest absolute Gasteiger partial charge is 0.184 e. The number of nitrogens with zero attached hydrogens (tertiary/aromatic N) is 1. The molecule has 4 saturated carbocycles. The average molecular weight is 313 g/mol. The number of nitrogens with one attached hydrogen (secondary N) is 1. The lowest BCUT2D eigenvalue weighted by atomic mass is 9.48. The molecular formula is C18H23N3S. The molecule has 1 aromatic rings. The van der Waals surface area contributed by atoms with Gasteiger partial charge in [0.2, 0.25) is 0 Å². The highest BCUT2D eigenvalue weighted by Crippen LogP contribution is 2.61. The molecule has 4 fully saturated rings. The number of rotatable bonds is 3. The fourth-order valence-corrected chi connectivity index (χ4v) is 5.64. The third kappa shape index (κ3) is 2.43. The third-order valence-corrected chi connectivity index (χ3v) is 5.96. The second-order valence-corrected chi connectivity index (χ2v) is 7.94. The van der Waals surface area contributed by atoms with Crippen LogP contribution in [0.25, 0.3) is 0 Å². The van der Waals surface area contributed by atoms with Gasteiger partial charge >= 0.3 is 0 Å². The molecule has 3 N–H and O–H groups in total. The predicted molar refractivity (Wildman–Crippen MR) is 93.5 cm³/mol. The van der Waals surface area contributed by atoms with Crippen molar-refractivity contribution >= 4 is 23.0 Å². The maximum Gasteiger partial charge on any atom is 0.184 e. The molecule has 0 spiro atoms. The summed E-state index contributed by atoms with van der Waals surface area (Å²) in [5.74, 6) is 2.68. The summed E-state index contributed by atoms with van der Waals surface area (Å²) in [4.78, 5) is 0. The van der Waals surface area contributed by atoms with Gasteiger partial charge in [-0.2, -0.15) is 5.10 Å². The van der Waals surface area contributed by atoms with Crippen LogP contribution in [0.3, 0.4) is 0 Å². The number of hydrazone groups is 1. The largest absolute Gasteiger partial charge is 0.375 e. The minimum atomic E-state index is 0.230. The van der Waals surface area contributed by atoms with Gasteiger partial charge in [0.25, 0.3) is 0 Å². The molecule has 0 aromatic heterocycles. The van der Waals surface area contributed by atoms with E-state index in [9.17, 15) is 0 Å². The monoisotopic (exact) mass is 313 g/mol. The number of hydrogen-bond donors (Lipinski definition) is 2. The first-order valence-electron chi connectivity index (χ1n) is 8.34. The molecule has 0 aliphatic heterocycles. The summed E-state index contributed by atoms with van der Waals surface area (Å²) >= 11 is 4.97. The van der Waals surface area contributed by atoms with Crippen LogP contribution in [0.5, 0.6) is 0 Å². The van der Waals surface area contributed by atoms with Crippen LogP contribution in [0.15, 0.2) is 35.4 Å². The molecule has 22 heavy (non-hydrogen) atoms. The molecule has 0 unspecified atom stereocenters. The van der Waals surface area contributed by atoms with Crippen LogP contribution in [0.1, 0.15) is 44.1 Å². The Morgan fingerprint density at radius 3 is 2.09 bits per heavy atom. The van der Waals surface area contributed by atoms with Crippen molar-refractivity contribution in [2.75, 3.05) is 0 Å². The molecule has 0 atom stereocenters. The van der Waals surface area contributed by atoms with Gasteiger partial charge < -0.3 is 5.73 Å². The van der Waals surface area contributed by atoms with Crippen LogP contribution in [0, 0.1) is 23.2 Å². The van der Waals surface area contributed by atoms with Crippen molar-refractivity contribution in [2.45, 2.75) is 38.5 Å². The minimum absolute atomic E-state index is 0.230. The van der Waals surface area contributed by atoms with Gasteiger partial charge in [0.1, 0.15) is 0 Å². The van der Waals surface area contributed by atoms with E-state index >= 15 is 0 Å². The second kappa shape index (κ2) is 5.34. The van der Waals surface area contributed by atoms with Crippen LogP contribution in [0.4, 0.5) is 0 Å². The number of thiocarbonyl (C=S) groups is 1. The normalized spacial score (nSPS) is 36.4. The van der Waals surface area contributed by atoms with E-state index in [1.165, 1.54) is 49.8 Å². The van der Waals surface area contributed by atoms with Crippen LogP contribution < -0.4 is 11.2 Å². The quantitative estimate of drug-likeness (QED) is 0.510. The Morgan fingerprint density at radius 1 is 1.05 bits per heavy atom. The van der Waals surface area contributed by atoms with Crippen LogP contribution in [-0.2, 0) is 0 Å². The van der Waals surface area contributed by atoms with Gasteiger partial charge in [-0.05, 0) is 74.1 Å². The van der Waals surface area contributed by atoms with Gasteiger partial charge in [0.15, 0.2) is 5.11 Å². The Balaban J connectivity index is 1.74. The highest BCUT2D eigenvalue weighted by molar-refractivity contribution is 7.80. The van der Waals surface area contributed by atoms with Gasteiger partial charge in [-0.3, -0.25) is 5.43 Å². The lowest BCUT2D eigenvalue weighted by Gasteiger charge is -2.57. The van der Waals surface area contributed by atoms with Crippen molar-refractivity contribution in [1.82, 2.24) is 5.43 Å². The Kier molecular flexibility index (Phi) is 3.44. The molecule has 1 aromatic carbocycles. The molecule has 0 saturated heterocycles. The van der Waals surface area contributed by atoms with Crippen LogP contribution >= 0.6 is 12.2 Å². The first-order valence-corrected chi connectivity index (χ1v) is 8.74. The lowest BCUT2D eigenvalue weighted by molar-refractivity contribution is -0.0121. The Morgan fingerprint density at radius 2 is 1.59 bits per heavy atom. The Hall–Kier alpha value is -1.42. The van der Waals surface area contributed by atoms with Crippen molar-refractivity contribution in [3.05, 3.63) is 35.9 Å². The summed E-state index contributed by atoms with van der Waals surface area (Å²) in [6, 6.07) is 10.6. The average Bonchev–Trinajstić information content (AvgIpc) is 2.46. The molecule has 3 nitrogen and oxygen atoms in total. The third-order valence-electron chi connectivity index (χ3n) is 5.87. The molecule has 5 rings (SSSR count). The summed E-state index contributed by atoms with van der Waals surface area (Å²) < 4.78 is 0. The molecule has 116 valence electrons. The van der Waals surface area contributed by atoms with Crippen molar-refractivity contribution in [3.63, 3.8) is 0 Å². The van der Waals surface area contributed by atoms with E-state index in [2.05, 4.69) is 40.9 Å². The molecule has 4 aliphatic rings. The van der Waals surface area contributed by atoms with Crippen molar-refractivity contribution in [3.8, 4) is 0 Å². The SMILES string of the molecule is NC(=S)NN=C(c1ccccc1)C12CC3CC(CC(C3)C1)C2. The predicted octanol–water partition coefficient (Wildman–Crippen LogP) is 3.44. The maximum atomic E-state index is 5.62. The van der Waals surface area contributed by atoms with Crippen molar-refractivity contribution in [2.24, 2.45) is 34.0 Å². The van der Waals surface area contributed by atoms with E-state index < -0.39 is 0 Å².